The van der Waals surface area contributed by atoms with Gasteiger partial charge in [-0.25, -0.2) is 21.9 Å². The van der Waals surface area contributed by atoms with E-state index in [4.69, 9.17) is 21.4 Å². The van der Waals surface area contributed by atoms with Crippen LogP contribution in [0.15, 0.2) is 47.5 Å². The maximum atomic E-state index is 14.6. The number of carboxylic acids is 1. The molecule has 1 heterocycles. The monoisotopic (exact) mass is 497 g/mol. The van der Waals surface area contributed by atoms with E-state index in [1.807, 2.05) is 0 Å². The highest BCUT2D eigenvalue weighted by atomic mass is 35.5. The molecule has 174 valence electrons. The van der Waals surface area contributed by atoms with Crippen molar-refractivity contribution in [3.8, 4) is 11.5 Å². The lowest BCUT2D eigenvalue weighted by Crippen LogP contribution is -2.31. The normalized spacial score (nSPS) is 15.8. The second kappa shape index (κ2) is 9.08. The zero-order valence-corrected chi connectivity index (χ0v) is 18.5. The molecular weight excluding hydrogens is 480 g/mol. The predicted octanol–water partition coefficient (Wildman–Crippen LogP) is 4.05. The van der Waals surface area contributed by atoms with Gasteiger partial charge in [0, 0.05) is 17.3 Å². The van der Waals surface area contributed by atoms with E-state index in [-0.39, 0.29) is 23.1 Å². The maximum Gasteiger partial charge on any atom is 0.325 e. The number of halogens is 3. The molecule has 0 bridgehead atoms. The van der Waals surface area contributed by atoms with Crippen molar-refractivity contribution in [3.05, 3.63) is 70.5 Å². The van der Waals surface area contributed by atoms with Crippen molar-refractivity contribution in [2.24, 2.45) is 0 Å². The summed E-state index contributed by atoms with van der Waals surface area (Å²) in [5.41, 5.74) is 1.20. The third kappa shape index (κ3) is 5.00. The Morgan fingerprint density at radius 3 is 2.70 bits per heavy atom. The molecule has 2 aromatic carbocycles. The average molecular weight is 498 g/mol. The molecule has 0 aliphatic heterocycles. The quantitative estimate of drug-likeness (QED) is 0.509. The van der Waals surface area contributed by atoms with Crippen molar-refractivity contribution in [2.75, 3.05) is 0 Å². The van der Waals surface area contributed by atoms with Crippen LogP contribution in [0.1, 0.15) is 30.1 Å². The fraction of sp³-hybridized carbons (Fsp3) is 0.238. The molecule has 2 N–H and O–H groups in total. The number of benzene rings is 2. The van der Waals surface area contributed by atoms with Crippen LogP contribution in [-0.4, -0.2) is 29.3 Å². The van der Waals surface area contributed by atoms with Crippen molar-refractivity contribution in [2.45, 2.75) is 36.7 Å². The molecule has 0 saturated heterocycles. The van der Waals surface area contributed by atoms with Crippen molar-refractivity contribution in [1.29, 1.82) is 0 Å². The van der Waals surface area contributed by atoms with Gasteiger partial charge in [-0.05, 0) is 49.6 Å². The van der Waals surface area contributed by atoms with Crippen molar-refractivity contribution >= 4 is 27.6 Å². The molecule has 3 aromatic rings. The van der Waals surface area contributed by atoms with Crippen molar-refractivity contribution in [1.82, 2.24) is 14.5 Å². The number of nitrogens with one attached hydrogen (secondary N) is 1. The van der Waals surface area contributed by atoms with Crippen LogP contribution in [0.5, 0.6) is 11.5 Å². The highest BCUT2D eigenvalue weighted by molar-refractivity contribution is 7.89. The lowest BCUT2D eigenvalue weighted by molar-refractivity contribution is -0.137. The molecule has 4 rings (SSSR count). The second-order valence-electron chi connectivity index (χ2n) is 7.43. The van der Waals surface area contributed by atoms with Crippen LogP contribution in [0.25, 0.3) is 0 Å². The minimum atomic E-state index is -4.25. The van der Waals surface area contributed by atoms with Gasteiger partial charge < -0.3 is 9.84 Å². The Labute approximate surface area is 192 Å². The Balaban J connectivity index is 1.58. The first kappa shape index (κ1) is 23.1. The highest BCUT2D eigenvalue weighted by Crippen LogP contribution is 2.35. The SMILES string of the molecule is O=C(O)Cn1ncc2c1CCCC2NS(=O)(=O)c1cc(F)c(Oc2ccc(F)cc2)cc1Cl. The van der Waals surface area contributed by atoms with E-state index in [0.717, 1.165) is 24.3 Å². The van der Waals surface area contributed by atoms with E-state index in [2.05, 4.69) is 9.82 Å². The Hall–Kier alpha value is -3.02. The van der Waals surface area contributed by atoms with E-state index >= 15 is 0 Å². The number of hydrogen-bond acceptors (Lipinski definition) is 5. The molecule has 1 unspecified atom stereocenters. The summed E-state index contributed by atoms with van der Waals surface area (Å²) in [6.07, 6.45) is 3.06. The van der Waals surface area contributed by atoms with Gasteiger partial charge >= 0.3 is 5.97 Å². The molecule has 1 aromatic heterocycles. The molecule has 0 radical (unpaired) electrons. The molecule has 1 aliphatic carbocycles. The number of aromatic nitrogens is 2. The Bertz CT molecular complexity index is 1310. The zero-order valence-electron chi connectivity index (χ0n) is 17.0. The first-order valence-electron chi connectivity index (χ1n) is 9.85. The van der Waals surface area contributed by atoms with Crippen LogP contribution in [-0.2, 0) is 27.8 Å². The summed E-state index contributed by atoms with van der Waals surface area (Å²) in [6, 6.07) is 5.96. The number of sulfonamides is 1. The van der Waals surface area contributed by atoms with Crippen LogP contribution in [0, 0.1) is 11.6 Å². The highest BCUT2D eigenvalue weighted by Gasteiger charge is 2.30. The van der Waals surface area contributed by atoms with Gasteiger partial charge in [-0.15, -0.1) is 0 Å². The minimum absolute atomic E-state index is 0.146. The predicted molar refractivity (Wildman–Crippen MR) is 114 cm³/mol. The van der Waals surface area contributed by atoms with E-state index in [9.17, 15) is 22.0 Å². The number of aliphatic carboxylic acids is 1. The van der Waals surface area contributed by atoms with Gasteiger partial charge in [0.05, 0.1) is 17.3 Å². The third-order valence-electron chi connectivity index (χ3n) is 5.16. The largest absolute Gasteiger partial charge is 0.480 e. The van der Waals surface area contributed by atoms with Crippen LogP contribution in [0.3, 0.4) is 0 Å². The van der Waals surface area contributed by atoms with Crippen LogP contribution in [0.2, 0.25) is 5.02 Å². The summed E-state index contributed by atoms with van der Waals surface area (Å²) >= 11 is 6.15. The van der Waals surface area contributed by atoms with E-state index in [1.54, 1.807) is 0 Å². The van der Waals surface area contributed by atoms with E-state index in [0.29, 0.717) is 30.5 Å². The van der Waals surface area contributed by atoms with Gasteiger partial charge in [-0.2, -0.15) is 5.10 Å². The van der Waals surface area contributed by atoms with Gasteiger partial charge in [-0.1, -0.05) is 11.6 Å². The summed E-state index contributed by atoms with van der Waals surface area (Å²) in [4.78, 5) is 10.6. The number of fused-ring (bicyclic) bond motifs is 1. The van der Waals surface area contributed by atoms with Gasteiger partial charge in [0.1, 0.15) is 23.0 Å². The van der Waals surface area contributed by atoms with Crippen LogP contribution in [0.4, 0.5) is 8.78 Å². The number of carbonyl (C=O) groups is 1. The molecule has 0 fully saturated rings. The fourth-order valence-corrected chi connectivity index (χ4v) is 5.46. The van der Waals surface area contributed by atoms with Crippen molar-refractivity contribution in [3.63, 3.8) is 0 Å². The third-order valence-corrected chi connectivity index (χ3v) is 7.10. The smallest absolute Gasteiger partial charge is 0.325 e. The molecule has 1 atom stereocenters. The number of nitrogens with zero attached hydrogens (tertiary/aromatic N) is 2. The Morgan fingerprint density at radius 2 is 2.00 bits per heavy atom. The van der Waals surface area contributed by atoms with Gasteiger partial charge in [0.2, 0.25) is 10.0 Å². The maximum absolute atomic E-state index is 14.6. The summed E-state index contributed by atoms with van der Waals surface area (Å²) in [5.74, 6) is -2.70. The lowest BCUT2D eigenvalue weighted by Gasteiger charge is -2.24. The van der Waals surface area contributed by atoms with Gasteiger partial charge in [0.15, 0.2) is 11.6 Å². The van der Waals surface area contributed by atoms with Crippen molar-refractivity contribution < 1.29 is 31.8 Å². The molecule has 0 amide bonds. The first-order chi connectivity index (χ1) is 15.6. The molecule has 8 nitrogen and oxygen atoms in total. The Kier molecular flexibility index (Phi) is 6.37. The topological polar surface area (TPSA) is 111 Å². The summed E-state index contributed by atoms with van der Waals surface area (Å²) in [5, 5.41) is 12.8. The standard InChI is InChI=1S/C21H18ClF2N3O5S/c22-15-8-19(32-13-6-4-12(23)5-7-13)16(24)9-20(15)33(30,31)26-17-2-1-3-18-14(17)10-25-27(18)11-21(28)29/h4-10,17,26H,1-3,11H2,(H,28,29). The average Bonchev–Trinajstić information content (AvgIpc) is 3.15. The Morgan fingerprint density at radius 1 is 1.27 bits per heavy atom. The molecule has 1 aliphatic rings. The molecule has 12 heteroatoms. The fourth-order valence-electron chi connectivity index (χ4n) is 3.68. The van der Waals surface area contributed by atoms with Crippen LogP contribution >= 0.6 is 11.6 Å². The number of hydrogen-bond donors (Lipinski definition) is 2. The minimum Gasteiger partial charge on any atom is -0.480 e. The van der Waals surface area contributed by atoms with Gasteiger partial charge in [0.25, 0.3) is 0 Å². The molecule has 0 spiro atoms. The lowest BCUT2D eigenvalue weighted by atomic mass is 9.94. The summed E-state index contributed by atoms with van der Waals surface area (Å²) in [6.45, 7) is -0.332. The number of carboxylic acid groups (broad SMARTS) is 1. The molecular formula is C21H18ClF2N3O5S. The zero-order chi connectivity index (χ0) is 23.8. The second-order valence-corrected chi connectivity index (χ2v) is 9.52. The van der Waals surface area contributed by atoms with E-state index < -0.39 is 38.6 Å². The molecule has 0 saturated carbocycles. The van der Waals surface area contributed by atoms with E-state index in [1.165, 1.54) is 23.0 Å². The molecule has 33 heavy (non-hydrogen) atoms. The number of rotatable bonds is 7. The summed E-state index contributed by atoms with van der Waals surface area (Å²) in [7, 11) is -4.25. The summed E-state index contributed by atoms with van der Waals surface area (Å²) < 4.78 is 62.9. The number of ether oxygens (including phenoxy) is 1. The van der Waals surface area contributed by atoms with Gasteiger partial charge in [-0.3, -0.25) is 9.48 Å². The van der Waals surface area contributed by atoms with Crippen LogP contribution < -0.4 is 9.46 Å². The first-order valence-corrected chi connectivity index (χ1v) is 11.7.